The van der Waals surface area contributed by atoms with Gasteiger partial charge in [0.15, 0.2) is 5.79 Å². The molecule has 7 heteroatoms. The fourth-order valence-electron chi connectivity index (χ4n) is 0.959. The van der Waals surface area contributed by atoms with Gasteiger partial charge in [-0.25, -0.2) is 5.84 Å². The van der Waals surface area contributed by atoms with E-state index in [-0.39, 0.29) is 0 Å². The van der Waals surface area contributed by atoms with Crippen LogP contribution < -0.4 is 34.5 Å². The lowest BCUT2D eigenvalue weighted by Crippen LogP contribution is -2.88. The molecule has 0 fully saturated rings. The first-order valence-corrected chi connectivity index (χ1v) is 3.43. The summed E-state index contributed by atoms with van der Waals surface area (Å²) in [6.45, 7) is 0. The minimum atomic E-state index is -1.54. The second-order valence-electron chi connectivity index (χ2n) is 3.03. The van der Waals surface area contributed by atoms with E-state index in [9.17, 15) is 0 Å². The van der Waals surface area contributed by atoms with Gasteiger partial charge in [-0.1, -0.05) is 0 Å². The Morgan fingerprint density at radius 3 is 2.08 bits per heavy atom. The minimum Gasteiger partial charge on any atom is -0.322 e. The minimum absolute atomic E-state index is 0.618. The summed E-state index contributed by atoms with van der Waals surface area (Å²) in [6, 6.07) is -0.618. The smallest absolute Gasteiger partial charge is 0.188 e. The fraction of sp³-hybridized carbons (Fsp3) is 0.600. The second kappa shape index (κ2) is 2.39. The van der Waals surface area contributed by atoms with Crippen LogP contribution >= 0.6 is 0 Å². The van der Waals surface area contributed by atoms with Gasteiger partial charge in [-0.15, -0.1) is 0 Å². The number of nitrogens with two attached hydrogens (primary N) is 6. The molecule has 1 atom stereocenters. The molecule has 0 aliphatic carbocycles. The van der Waals surface area contributed by atoms with Crippen LogP contribution in [0.3, 0.4) is 0 Å². The van der Waals surface area contributed by atoms with Crippen molar-refractivity contribution in [2.75, 3.05) is 0 Å². The molecule has 1 rings (SSSR count). The quantitative estimate of drug-likeness (QED) is 0.162. The van der Waals surface area contributed by atoms with Crippen molar-refractivity contribution in [2.45, 2.75) is 17.5 Å². The maximum absolute atomic E-state index is 5.62. The second-order valence-corrected chi connectivity index (χ2v) is 3.03. The van der Waals surface area contributed by atoms with Gasteiger partial charge in [0.25, 0.3) is 0 Å². The molecular weight excluding hydrogens is 158 g/mol. The van der Waals surface area contributed by atoms with Gasteiger partial charge >= 0.3 is 0 Å². The van der Waals surface area contributed by atoms with E-state index in [2.05, 4.69) is 0 Å². The van der Waals surface area contributed by atoms with Crippen LogP contribution in [0.4, 0.5) is 0 Å². The normalized spacial score (nSPS) is 32.2. The van der Waals surface area contributed by atoms with Crippen molar-refractivity contribution in [1.82, 2.24) is 5.01 Å². The summed E-state index contributed by atoms with van der Waals surface area (Å²) in [5.41, 5.74) is 26.5. The predicted molar refractivity (Wildman–Crippen MR) is 45.4 cm³/mol. The molecule has 1 unspecified atom stereocenters. The van der Waals surface area contributed by atoms with Crippen molar-refractivity contribution < 1.29 is 0 Å². The predicted octanol–water partition coefficient (Wildman–Crippen LogP) is -3.80. The van der Waals surface area contributed by atoms with Gasteiger partial charge in [-0.2, -0.15) is 0 Å². The van der Waals surface area contributed by atoms with Crippen molar-refractivity contribution in [3.05, 3.63) is 12.3 Å². The van der Waals surface area contributed by atoms with Crippen LogP contribution in [0, 0.1) is 0 Å². The maximum Gasteiger partial charge on any atom is 0.188 e. The van der Waals surface area contributed by atoms with Crippen LogP contribution in [-0.4, -0.2) is 22.5 Å². The molecule has 0 radical (unpaired) electrons. The lowest BCUT2D eigenvalue weighted by molar-refractivity contribution is 0.0422. The molecule has 0 aromatic heterocycles. The van der Waals surface area contributed by atoms with Crippen molar-refractivity contribution in [2.24, 2.45) is 34.5 Å². The van der Waals surface area contributed by atoms with E-state index in [0.29, 0.717) is 0 Å². The van der Waals surface area contributed by atoms with Crippen molar-refractivity contribution >= 4 is 0 Å². The third-order valence-corrected chi connectivity index (χ3v) is 2.13. The molecule has 12 N–H and O–H groups in total. The van der Waals surface area contributed by atoms with E-state index in [4.69, 9.17) is 34.5 Å². The van der Waals surface area contributed by atoms with Crippen molar-refractivity contribution in [3.63, 3.8) is 0 Å². The summed E-state index contributed by atoms with van der Waals surface area (Å²) in [4.78, 5) is 0. The zero-order valence-electron chi connectivity index (χ0n) is 6.64. The molecule has 1 heterocycles. The van der Waals surface area contributed by atoms with Crippen LogP contribution in [-0.2, 0) is 0 Å². The zero-order valence-corrected chi connectivity index (χ0v) is 6.64. The molecule has 0 aromatic carbocycles. The molecule has 12 heavy (non-hydrogen) atoms. The van der Waals surface area contributed by atoms with Crippen LogP contribution in [0.1, 0.15) is 0 Å². The molecule has 1 aliphatic rings. The highest BCUT2D eigenvalue weighted by atomic mass is 15.6. The topological polar surface area (TPSA) is 159 Å². The van der Waals surface area contributed by atoms with Gasteiger partial charge in [-0.05, 0) is 6.08 Å². The first-order valence-electron chi connectivity index (χ1n) is 3.43. The molecule has 7 nitrogen and oxygen atoms in total. The number of hydrazine groups is 1. The van der Waals surface area contributed by atoms with E-state index in [0.717, 1.165) is 5.01 Å². The van der Waals surface area contributed by atoms with Crippen LogP contribution in [0.5, 0.6) is 0 Å². The van der Waals surface area contributed by atoms with Crippen LogP contribution in [0.15, 0.2) is 12.3 Å². The Hall–Kier alpha value is -0.700. The molecule has 70 valence electrons. The van der Waals surface area contributed by atoms with Crippen molar-refractivity contribution in [1.29, 1.82) is 0 Å². The largest absolute Gasteiger partial charge is 0.322 e. The highest BCUT2D eigenvalue weighted by molar-refractivity contribution is 5.17. The van der Waals surface area contributed by atoms with E-state index < -0.39 is 17.5 Å². The maximum atomic E-state index is 5.62. The van der Waals surface area contributed by atoms with Gasteiger partial charge < -0.3 is 17.2 Å². The first kappa shape index (κ1) is 9.39. The Labute approximate surface area is 70.3 Å². The Balaban J connectivity index is 3.07. The highest BCUT2D eigenvalue weighted by Gasteiger charge is 2.49. The highest BCUT2D eigenvalue weighted by Crippen LogP contribution is 2.17. The standard InChI is InChI=1S/C5H15N7/c6-3-1-2-12(11)5(9,10)4(3,7)8/h1-3H,6-11H2. The summed E-state index contributed by atoms with van der Waals surface area (Å²) in [6.07, 6.45) is 2.99. The molecule has 1 aliphatic heterocycles. The molecular formula is C5H15N7. The molecule has 0 spiro atoms. The lowest BCUT2D eigenvalue weighted by Gasteiger charge is -2.49. The van der Waals surface area contributed by atoms with E-state index in [1.807, 2.05) is 0 Å². The average Bonchev–Trinajstić information content (AvgIpc) is 1.96. The van der Waals surface area contributed by atoms with Gasteiger partial charge in [-0.3, -0.25) is 16.5 Å². The Morgan fingerprint density at radius 2 is 1.67 bits per heavy atom. The van der Waals surface area contributed by atoms with Crippen molar-refractivity contribution in [3.8, 4) is 0 Å². The van der Waals surface area contributed by atoms with Crippen LogP contribution in [0.2, 0.25) is 0 Å². The summed E-state index contributed by atoms with van der Waals surface area (Å²) < 4.78 is 0. The fourth-order valence-corrected chi connectivity index (χ4v) is 0.959. The average molecular weight is 173 g/mol. The van der Waals surface area contributed by atoms with Gasteiger partial charge in [0.1, 0.15) is 5.66 Å². The van der Waals surface area contributed by atoms with E-state index >= 15 is 0 Å². The number of nitrogens with zero attached hydrogens (tertiary/aromatic N) is 1. The first-order chi connectivity index (χ1) is 5.30. The lowest BCUT2D eigenvalue weighted by atomic mass is 9.92. The monoisotopic (exact) mass is 173 g/mol. The molecule has 0 saturated heterocycles. The number of hydrogen-bond donors (Lipinski definition) is 6. The summed E-state index contributed by atoms with van der Waals surface area (Å²) in [5, 5.41) is 1.04. The van der Waals surface area contributed by atoms with Gasteiger partial charge in [0, 0.05) is 6.20 Å². The summed E-state index contributed by atoms with van der Waals surface area (Å²) >= 11 is 0. The van der Waals surface area contributed by atoms with Gasteiger partial charge in [0.2, 0.25) is 0 Å². The molecule has 0 amide bonds. The zero-order chi connectivity index (χ0) is 9.57. The number of rotatable bonds is 0. The Morgan fingerprint density at radius 1 is 1.17 bits per heavy atom. The Kier molecular flexibility index (Phi) is 1.87. The summed E-state index contributed by atoms with van der Waals surface area (Å²) in [5.74, 6) is 3.89. The SMILES string of the molecule is NC1C=CN(N)C(N)(N)C1(N)N. The van der Waals surface area contributed by atoms with E-state index in [1.165, 1.54) is 12.3 Å². The molecule has 0 aromatic rings. The van der Waals surface area contributed by atoms with E-state index in [1.54, 1.807) is 0 Å². The summed E-state index contributed by atoms with van der Waals surface area (Å²) in [7, 11) is 0. The third kappa shape index (κ3) is 1.00. The van der Waals surface area contributed by atoms with Crippen LogP contribution in [0.25, 0.3) is 0 Å². The molecule has 0 bridgehead atoms. The number of hydrogen-bond acceptors (Lipinski definition) is 7. The Bertz CT molecular complexity index is 186. The van der Waals surface area contributed by atoms with Gasteiger partial charge in [0.05, 0.1) is 6.04 Å². The molecule has 0 saturated carbocycles. The third-order valence-electron chi connectivity index (χ3n) is 2.13.